The van der Waals surface area contributed by atoms with Gasteiger partial charge in [0.2, 0.25) is 0 Å². The molecule has 26 heavy (non-hydrogen) atoms. The standard InChI is InChI=1S/C20H20ClNO4/c1-2-24-17-10-4-3-7-14(17)13-22-18-15(8-5-9-16(18)21)20(19(22)23)25-11-6-12-26-20/h3-5,7-10H,2,6,11-13H2,1H3. The molecule has 1 spiro atoms. The Morgan fingerprint density at radius 2 is 1.92 bits per heavy atom. The first kappa shape index (κ1) is 17.3. The lowest BCUT2D eigenvalue weighted by atomic mass is 10.1. The van der Waals surface area contributed by atoms with Crippen molar-refractivity contribution in [3.05, 3.63) is 58.6 Å². The number of para-hydroxylation sites is 2. The average Bonchev–Trinajstić information content (AvgIpc) is 2.88. The van der Waals surface area contributed by atoms with Gasteiger partial charge in [0.15, 0.2) is 0 Å². The molecular weight excluding hydrogens is 354 g/mol. The summed E-state index contributed by atoms with van der Waals surface area (Å²) in [6.07, 6.45) is 0.762. The summed E-state index contributed by atoms with van der Waals surface area (Å²) >= 11 is 6.46. The van der Waals surface area contributed by atoms with Crippen molar-refractivity contribution in [2.45, 2.75) is 25.7 Å². The molecule has 6 heteroatoms. The summed E-state index contributed by atoms with van der Waals surface area (Å²) in [5, 5.41) is 0.499. The number of carbonyl (C=O) groups is 1. The van der Waals surface area contributed by atoms with Crippen molar-refractivity contribution >= 4 is 23.2 Å². The third-order valence-electron chi connectivity index (χ3n) is 4.64. The first-order valence-corrected chi connectivity index (χ1v) is 9.14. The molecule has 0 aromatic heterocycles. The van der Waals surface area contributed by atoms with Crippen LogP contribution in [0.4, 0.5) is 5.69 Å². The zero-order chi connectivity index (χ0) is 18.1. The van der Waals surface area contributed by atoms with Gasteiger partial charge < -0.3 is 19.1 Å². The number of hydrogen-bond donors (Lipinski definition) is 0. The highest BCUT2D eigenvalue weighted by molar-refractivity contribution is 6.35. The maximum Gasteiger partial charge on any atom is 0.292 e. The Hall–Kier alpha value is -2.08. The maximum absolute atomic E-state index is 13.3. The Balaban J connectivity index is 1.77. The van der Waals surface area contributed by atoms with Crippen molar-refractivity contribution in [1.29, 1.82) is 0 Å². The fourth-order valence-electron chi connectivity index (χ4n) is 3.51. The van der Waals surface area contributed by atoms with Crippen molar-refractivity contribution < 1.29 is 19.0 Å². The Morgan fingerprint density at radius 1 is 1.15 bits per heavy atom. The summed E-state index contributed by atoms with van der Waals surface area (Å²) in [4.78, 5) is 15.0. The summed E-state index contributed by atoms with van der Waals surface area (Å²) in [5.74, 6) is -0.881. The van der Waals surface area contributed by atoms with E-state index in [2.05, 4.69) is 0 Å². The molecule has 2 aliphatic heterocycles. The summed E-state index contributed by atoms with van der Waals surface area (Å²) < 4.78 is 17.4. The van der Waals surface area contributed by atoms with E-state index in [1.54, 1.807) is 11.0 Å². The van der Waals surface area contributed by atoms with E-state index in [1.165, 1.54) is 0 Å². The summed E-state index contributed by atoms with van der Waals surface area (Å²) in [7, 11) is 0. The Bertz CT molecular complexity index is 832. The second kappa shape index (κ2) is 6.91. The van der Waals surface area contributed by atoms with E-state index in [0.29, 0.717) is 42.6 Å². The lowest BCUT2D eigenvalue weighted by molar-refractivity contribution is -0.256. The van der Waals surface area contributed by atoms with Gasteiger partial charge in [0.05, 0.1) is 37.1 Å². The number of nitrogens with zero attached hydrogens (tertiary/aromatic N) is 1. The zero-order valence-corrected chi connectivity index (χ0v) is 15.3. The molecule has 0 bridgehead atoms. The third kappa shape index (κ3) is 2.67. The first-order chi connectivity index (χ1) is 12.7. The van der Waals surface area contributed by atoms with Gasteiger partial charge >= 0.3 is 0 Å². The number of carbonyl (C=O) groups excluding carboxylic acids is 1. The van der Waals surface area contributed by atoms with Crippen molar-refractivity contribution in [3.63, 3.8) is 0 Å². The number of ether oxygens (including phenoxy) is 3. The molecule has 0 radical (unpaired) electrons. The van der Waals surface area contributed by atoms with Gasteiger partial charge in [0.1, 0.15) is 5.75 Å². The van der Waals surface area contributed by atoms with Crippen LogP contribution in [0.3, 0.4) is 0 Å². The second-order valence-corrected chi connectivity index (χ2v) is 6.64. The van der Waals surface area contributed by atoms with E-state index in [0.717, 1.165) is 17.7 Å². The largest absolute Gasteiger partial charge is 0.494 e. The molecule has 0 unspecified atom stereocenters. The van der Waals surface area contributed by atoms with Gasteiger partial charge in [-0.1, -0.05) is 41.9 Å². The van der Waals surface area contributed by atoms with Crippen LogP contribution < -0.4 is 9.64 Å². The van der Waals surface area contributed by atoms with Crippen LogP contribution in [-0.4, -0.2) is 25.7 Å². The van der Waals surface area contributed by atoms with Gasteiger partial charge in [-0.3, -0.25) is 4.79 Å². The van der Waals surface area contributed by atoms with Crippen LogP contribution in [0, 0.1) is 0 Å². The van der Waals surface area contributed by atoms with Crippen LogP contribution in [0.5, 0.6) is 5.75 Å². The van der Waals surface area contributed by atoms with Crippen LogP contribution >= 0.6 is 11.6 Å². The molecule has 1 fully saturated rings. The molecule has 0 saturated carbocycles. The highest BCUT2D eigenvalue weighted by Crippen LogP contribution is 2.49. The van der Waals surface area contributed by atoms with E-state index in [4.69, 9.17) is 25.8 Å². The van der Waals surface area contributed by atoms with Crippen LogP contribution in [0.1, 0.15) is 24.5 Å². The van der Waals surface area contributed by atoms with Crippen LogP contribution in [-0.2, 0) is 26.6 Å². The minimum absolute atomic E-state index is 0.244. The predicted octanol–water partition coefficient (Wildman–Crippen LogP) is 3.88. The van der Waals surface area contributed by atoms with Crippen molar-refractivity contribution in [2.24, 2.45) is 0 Å². The number of halogens is 1. The molecule has 5 nitrogen and oxygen atoms in total. The van der Waals surface area contributed by atoms with E-state index < -0.39 is 5.79 Å². The smallest absolute Gasteiger partial charge is 0.292 e. The Kier molecular flexibility index (Phi) is 4.61. The van der Waals surface area contributed by atoms with Gasteiger partial charge in [-0.25, -0.2) is 0 Å². The molecule has 4 rings (SSSR count). The van der Waals surface area contributed by atoms with Gasteiger partial charge in [0, 0.05) is 11.1 Å². The van der Waals surface area contributed by atoms with Crippen molar-refractivity contribution in [3.8, 4) is 5.75 Å². The number of hydrogen-bond acceptors (Lipinski definition) is 4. The highest BCUT2D eigenvalue weighted by Gasteiger charge is 2.55. The number of amides is 1. The highest BCUT2D eigenvalue weighted by atomic mass is 35.5. The summed E-state index contributed by atoms with van der Waals surface area (Å²) in [5.41, 5.74) is 2.22. The predicted molar refractivity (Wildman–Crippen MR) is 98.5 cm³/mol. The minimum atomic E-state index is -1.39. The quantitative estimate of drug-likeness (QED) is 0.816. The van der Waals surface area contributed by atoms with E-state index >= 15 is 0 Å². The van der Waals surface area contributed by atoms with Crippen LogP contribution in [0.2, 0.25) is 5.02 Å². The minimum Gasteiger partial charge on any atom is -0.494 e. The van der Waals surface area contributed by atoms with Gasteiger partial charge in [-0.2, -0.15) is 0 Å². The molecule has 1 saturated heterocycles. The number of fused-ring (bicyclic) bond motifs is 2. The second-order valence-electron chi connectivity index (χ2n) is 6.24. The fourth-order valence-corrected chi connectivity index (χ4v) is 3.79. The molecule has 2 aromatic carbocycles. The number of anilines is 1. The third-order valence-corrected chi connectivity index (χ3v) is 4.94. The molecular formula is C20H20ClNO4. The summed E-state index contributed by atoms with van der Waals surface area (Å²) in [6, 6.07) is 13.1. The molecule has 2 aromatic rings. The van der Waals surface area contributed by atoms with E-state index in [1.807, 2.05) is 43.3 Å². The van der Waals surface area contributed by atoms with Crippen molar-refractivity contribution in [2.75, 3.05) is 24.7 Å². The maximum atomic E-state index is 13.3. The van der Waals surface area contributed by atoms with Crippen LogP contribution in [0.25, 0.3) is 0 Å². The first-order valence-electron chi connectivity index (χ1n) is 8.77. The monoisotopic (exact) mass is 373 g/mol. The molecule has 2 aliphatic rings. The SMILES string of the molecule is CCOc1ccccc1CN1C(=O)C2(OCCCO2)c2cccc(Cl)c21. The molecule has 136 valence electrons. The normalized spacial score (nSPS) is 18.2. The number of rotatable bonds is 4. The molecule has 0 atom stereocenters. The Morgan fingerprint density at radius 3 is 2.69 bits per heavy atom. The van der Waals surface area contributed by atoms with Crippen LogP contribution in [0.15, 0.2) is 42.5 Å². The average molecular weight is 374 g/mol. The van der Waals surface area contributed by atoms with Gasteiger partial charge in [0.25, 0.3) is 11.7 Å². The fraction of sp³-hybridized carbons (Fsp3) is 0.350. The molecule has 2 heterocycles. The topological polar surface area (TPSA) is 48.0 Å². The van der Waals surface area contributed by atoms with Gasteiger partial charge in [-0.05, 0) is 25.5 Å². The lowest BCUT2D eigenvalue weighted by Crippen LogP contribution is -2.47. The molecule has 0 N–H and O–H groups in total. The van der Waals surface area contributed by atoms with E-state index in [9.17, 15) is 4.79 Å². The zero-order valence-electron chi connectivity index (χ0n) is 14.5. The Labute approximate surface area is 157 Å². The molecule has 0 aliphatic carbocycles. The number of benzene rings is 2. The van der Waals surface area contributed by atoms with E-state index in [-0.39, 0.29) is 5.91 Å². The summed E-state index contributed by atoms with van der Waals surface area (Å²) in [6.45, 7) is 3.77. The molecule has 1 amide bonds. The van der Waals surface area contributed by atoms with Crippen molar-refractivity contribution in [1.82, 2.24) is 0 Å². The van der Waals surface area contributed by atoms with Gasteiger partial charge in [-0.15, -0.1) is 0 Å². The lowest BCUT2D eigenvalue weighted by Gasteiger charge is -2.32.